The summed E-state index contributed by atoms with van der Waals surface area (Å²) in [7, 11) is -3.66. The van der Waals surface area contributed by atoms with E-state index in [9.17, 15) is 0 Å². The van der Waals surface area contributed by atoms with Gasteiger partial charge in [-0.1, -0.05) is 41.5 Å². The van der Waals surface area contributed by atoms with E-state index >= 15 is 0 Å². The third-order valence-electron chi connectivity index (χ3n) is 6.32. The zero-order valence-electron chi connectivity index (χ0n) is 16.6. The molecule has 5 heteroatoms. The van der Waals surface area contributed by atoms with E-state index in [0.29, 0.717) is 12.2 Å². The molecule has 2 fully saturated rings. The van der Waals surface area contributed by atoms with Gasteiger partial charge in [0.15, 0.2) is 16.6 Å². The third kappa shape index (κ3) is 5.14. The van der Waals surface area contributed by atoms with Crippen molar-refractivity contribution in [2.45, 2.75) is 102 Å². The van der Waals surface area contributed by atoms with E-state index in [2.05, 4.69) is 54.6 Å². The fraction of sp³-hybridized carbons (Fsp3) is 1.00. The van der Waals surface area contributed by atoms with Crippen molar-refractivity contribution >= 4 is 16.6 Å². The van der Waals surface area contributed by atoms with Gasteiger partial charge in [0, 0.05) is 0 Å². The zero-order chi connectivity index (χ0) is 17.5. The van der Waals surface area contributed by atoms with Crippen LogP contribution in [0.1, 0.15) is 54.4 Å². The van der Waals surface area contributed by atoms with Gasteiger partial charge >= 0.3 is 0 Å². The summed E-state index contributed by atoms with van der Waals surface area (Å²) >= 11 is 0. The van der Waals surface area contributed by atoms with E-state index in [1.807, 2.05) is 0 Å². The van der Waals surface area contributed by atoms with Crippen LogP contribution in [0.4, 0.5) is 0 Å². The molecular weight excluding hydrogens is 320 g/mol. The average molecular weight is 359 g/mol. The largest absolute Gasteiger partial charge is 0.454 e. The molecule has 2 saturated heterocycles. The van der Waals surface area contributed by atoms with Crippen molar-refractivity contribution in [2.75, 3.05) is 13.2 Å². The van der Waals surface area contributed by atoms with E-state index < -0.39 is 16.6 Å². The molecule has 136 valence electrons. The van der Waals surface area contributed by atoms with Gasteiger partial charge in [-0.25, -0.2) is 0 Å². The van der Waals surface area contributed by atoms with Crippen LogP contribution in [0.5, 0.6) is 0 Å². The van der Waals surface area contributed by atoms with Crippen LogP contribution in [0.25, 0.3) is 0 Å². The van der Waals surface area contributed by atoms with Crippen LogP contribution >= 0.6 is 0 Å². The fourth-order valence-electron chi connectivity index (χ4n) is 3.00. The van der Waals surface area contributed by atoms with E-state index in [1.165, 1.54) is 24.9 Å². The first-order chi connectivity index (χ1) is 10.4. The third-order valence-corrected chi connectivity index (χ3v) is 18.8. The summed E-state index contributed by atoms with van der Waals surface area (Å²) in [5.41, 5.74) is 0. The molecule has 0 amide bonds. The number of hydrogen-bond donors (Lipinski definition) is 0. The number of ether oxygens (including phenoxy) is 2. The van der Waals surface area contributed by atoms with Crippen LogP contribution in [0, 0.1) is 0 Å². The second-order valence-corrected chi connectivity index (χ2v) is 19.8. The average Bonchev–Trinajstić information content (AvgIpc) is 3.24. The van der Waals surface area contributed by atoms with Crippen molar-refractivity contribution in [2.24, 2.45) is 0 Å². The Balaban J connectivity index is 2.13. The molecule has 0 aromatic rings. The van der Waals surface area contributed by atoms with E-state index in [1.54, 1.807) is 0 Å². The second-order valence-electron chi connectivity index (χ2n) is 10.1. The predicted octanol–water partition coefficient (Wildman–Crippen LogP) is 5.33. The maximum atomic E-state index is 7.28. The summed E-state index contributed by atoms with van der Waals surface area (Å²) in [5, 5.41) is 0.523. The molecule has 2 heterocycles. The van der Waals surface area contributed by atoms with Crippen LogP contribution in [0.2, 0.25) is 35.3 Å². The highest BCUT2D eigenvalue weighted by Gasteiger charge is 2.52. The monoisotopic (exact) mass is 358 g/mol. The molecule has 2 unspecified atom stereocenters. The minimum Gasteiger partial charge on any atom is -0.454 e. The van der Waals surface area contributed by atoms with E-state index in [-0.39, 0.29) is 10.1 Å². The first-order valence-electron chi connectivity index (χ1n) is 9.30. The van der Waals surface area contributed by atoms with Crippen LogP contribution in [-0.2, 0) is 13.6 Å². The fourth-order valence-corrected chi connectivity index (χ4v) is 13.5. The topological polar surface area (TPSA) is 34.3 Å². The predicted molar refractivity (Wildman–Crippen MR) is 102 cm³/mol. The Morgan fingerprint density at radius 2 is 1.09 bits per heavy atom. The summed E-state index contributed by atoms with van der Waals surface area (Å²) in [4.78, 5) is 0. The molecule has 0 aromatic carbocycles. The Bertz CT molecular complexity index is 369. The highest BCUT2D eigenvalue weighted by molar-refractivity contribution is 6.88. The summed E-state index contributed by atoms with van der Waals surface area (Å²) in [6.07, 6.45) is 3.38. The highest BCUT2D eigenvalue weighted by Crippen LogP contribution is 2.49. The summed E-state index contributed by atoms with van der Waals surface area (Å²) < 4.78 is 18.2. The first-order valence-corrected chi connectivity index (χ1v) is 14.5. The lowest BCUT2D eigenvalue weighted by Crippen LogP contribution is -2.57. The Labute approximate surface area is 145 Å². The number of hydrogen-bond acceptors (Lipinski definition) is 3. The zero-order valence-corrected chi connectivity index (χ0v) is 18.6. The van der Waals surface area contributed by atoms with Gasteiger partial charge in [-0.2, -0.15) is 0 Å². The van der Waals surface area contributed by atoms with Crippen molar-refractivity contribution < 1.29 is 13.6 Å². The Morgan fingerprint density at radius 3 is 1.30 bits per heavy atom. The maximum absolute atomic E-state index is 7.28. The molecule has 0 bridgehead atoms. The molecule has 4 atom stereocenters. The molecule has 0 saturated carbocycles. The van der Waals surface area contributed by atoms with E-state index in [4.69, 9.17) is 13.6 Å². The van der Waals surface area contributed by atoms with Crippen LogP contribution < -0.4 is 0 Å². The van der Waals surface area contributed by atoms with Gasteiger partial charge in [-0.3, -0.25) is 0 Å². The molecule has 0 aromatic heterocycles. The van der Waals surface area contributed by atoms with Crippen molar-refractivity contribution in [3.63, 3.8) is 0 Å². The van der Waals surface area contributed by atoms with Gasteiger partial charge in [-0.05, 0) is 48.1 Å². The Hall–Kier alpha value is 0.314. The van der Waals surface area contributed by atoms with Crippen molar-refractivity contribution in [3.05, 3.63) is 0 Å². The highest BCUT2D eigenvalue weighted by atomic mass is 28.4. The molecule has 2 aliphatic heterocycles. The smallest absolute Gasteiger partial charge is 0.182 e. The van der Waals surface area contributed by atoms with Crippen molar-refractivity contribution in [1.29, 1.82) is 0 Å². The molecular formula is C18H38O3Si2. The standard InChI is InChI=1S/C18H38O3Si2/c1-17(2,3)22(7,11-9-15-13-19-15)21-23(8,18(4,5)6)12-10-16-14-20-16/h15-16H,9-14H2,1-8H3/t15?,16?,22-,23-/m0/s1. The molecule has 2 rings (SSSR count). The molecule has 0 aliphatic carbocycles. The lowest BCUT2D eigenvalue weighted by Gasteiger charge is -2.50. The molecule has 0 spiro atoms. The van der Waals surface area contributed by atoms with Gasteiger partial charge in [0.2, 0.25) is 0 Å². The molecule has 0 radical (unpaired) electrons. The van der Waals surface area contributed by atoms with E-state index in [0.717, 1.165) is 13.2 Å². The van der Waals surface area contributed by atoms with Gasteiger partial charge in [0.1, 0.15) is 0 Å². The van der Waals surface area contributed by atoms with Gasteiger partial charge < -0.3 is 13.6 Å². The van der Waals surface area contributed by atoms with Crippen molar-refractivity contribution in [3.8, 4) is 0 Å². The molecule has 3 nitrogen and oxygen atoms in total. The minimum absolute atomic E-state index is 0.261. The Morgan fingerprint density at radius 1 is 0.783 bits per heavy atom. The SMILES string of the molecule is CC(C)(C)[Si@](C)(CCC1CO1)O[Si@@](C)(CCC1CO1)C(C)(C)C. The number of epoxide rings is 2. The Kier molecular flexibility index (Phi) is 5.60. The maximum Gasteiger partial charge on any atom is 0.182 e. The van der Waals surface area contributed by atoms with Crippen LogP contribution in [0.15, 0.2) is 0 Å². The van der Waals surface area contributed by atoms with Crippen LogP contribution in [-0.4, -0.2) is 42.1 Å². The normalized spacial score (nSPS) is 29.7. The van der Waals surface area contributed by atoms with Gasteiger partial charge in [-0.15, -0.1) is 0 Å². The minimum atomic E-state index is -1.83. The quantitative estimate of drug-likeness (QED) is 0.434. The van der Waals surface area contributed by atoms with Crippen LogP contribution in [0.3, 0.4) is 0 Å². The van der Waals surface area contributed by atoms with Crippen molar-refractivity contribution in [1.82, 2.24) is 0 Å². The second kappa shape index (κ2) is 6.56. The molecule has 2 aliphatic rings. The lowest BCUT2D eigenvalue weighted by molar-refractivity contribution is 0.382. The summed E-state index contributed by atoms with van der Waals surface area (Å²) in [6, 6.07) is 2.44. The van der Waals surface area contributed by atoms with Gasteiger partial charge in [0.25, 0.3) is 0 Å². The number of rotatable bonds is 8. The first kappa shape index (κ1) is 19.6. The molecule has 0 N–H and O–H groups in total. The van der Waals surface area contributed by atoms with Gasteiger partial charge in [0.05, 0.1) is 25.4 Å². The summed E-state index contributed by atoms with van der Waals surface area (Å²) in [6.45, 7) is 21.2. The summed E-state index contributed by atoms with van der Waals surface area (Å²) in [5.74, 6) is 0. The molecule has 23 heavy (non-hydrogen) atoms. The lowest BCUT2D eigenvalue weighted by atomic mass is 10.2.